The maximum absolute atomic E-state index is 5.59. The smallest absolute Gasteiger partial charge is 0.124 e. The van der Waals surface area contributed by atoms with Crippen molar-refractivity contribution in [2.45, 2.75) is 13.3 Å². The highest BCUT2D eigenvalue weighted by Crippen LogP contribution is 2.45. The number of benzene rings is 9. The predicted molar refractivity (Wildman–Crippen MR) is 285 cm³/mol. The summed E-state index contributed by atoms with van der Waals surface area (Å²) in [7, 11) is 0. The van der Waals surface area contributed by atoms with E-state index in [-0.39, 0.29) is 0 Å². The number of allylic oxidation sites excluding steroid dienone is 4. The number of anilines is 6. The SMILES string of the molecule is CC1C=CC(n2c3ccccc3c3cc(-c4nc5c(-c6ccc(N(c7ccccc7)c7ccccc7)cc6)ccc(-c6ccc(N(c7ccccc7)c7ccccc7)cc6)c5s4)ccc32)=CC1. The zero-order chi connectivity index (χ0) is 44.7. The largest absolute Gasteiger partial charge is 0.311 e. The molecule has 9 aromatic carbocycles. The van der Waals surface area contributed by atoms with Crippen LogP contribution in [0.1, 0.15) is 13.3 Å². The number of fused-ring (bicyclic) bond motifs is 4. The molecule has 12 rings (SSSR count). The Balaban J connectivity index is 0.989. The lowest BCUT2D eigenvalue weighted by atomic mass is 9.98. The van der Waals surface area contributed by atoms with E-state index in [1.807, 2.05) is 0 Å². The van der Waals surface area contributed by atoms with Crippen molar-refractivity contribution in [1.29, 1.82) is 0 Å². The van der Waals surface area contributed by atoms with Gasteiger partial charge in [-0.1, -0.05) is 146 Å². The van der Waals surface area contributed by atoms with Crippen LogP contribution >= 0.6 is 11.3 Å². The summed E-state index contributed by atoms with van der Waals surface area (Å²) in [5.74, 6) is 0.546. The zero-order valence-corrected chi connectivity index (χ0v) is 37.9. The van der Waals surface area contributed by atoms with Crippen LogP contribution in [-0.2, 0) is 0 Å². The van der Waals surface area contributed by atoms with Crippen molar-refractivity contribution < 1.29 is 0 Å². The van der Waals surface area contributed by atoms with Gasteiger partial charge in [-0.25, -0.2) is 4.98 Å². The van der Waals surface area contributed by atoms with Crippen molar-refractivity contribution >= 4 is 83.2 Å². The summed E-state index contributed by atoms with van der Waals surface area (Å²) in [5.41, 5.74) is 17.0. The fourth-order valence-corrected chi connectivity index (χ4v) is 10.8. The van der Waals surface area contributed by atoms with Crippen LogP contribution < -0.4 is 9.80 Å². The molecule has 2 heterocycles. The Labute approximate surface area is 395 Å². The molecule has 4 nitrogen and oxygen atoms in total. The Kier molecular flexibility index (Phi) is 10.4. The summed E-state index contributed by atoms with van der Waals surface area (Å²) in [6.45, 7) is 2.28. The zero-order valence-electron chi connectivity index (χ0n) is 37.1. The van der Waals surface area contributed by atoms with E-state index in [0.29, 0.717) is 5.92 Å². The number of nitrogens with zero attached hydrogens (tertiary/aromatic N) is 4. The van der Waals surface area contributed by atoms with Crippen LogP contribution in [0.5, 0.6) is 0 Å². The van der Waals surface area contributed by atoms with Gasteiger partial charge in [-0.3, -0.25) is 0 Å². The van der Waals surface area contributed by atoms with Crippen LogP contribution in [0.15, 0.2) is 243 Å². The maximum Gasteiger partial charge on any atom is 0.124 e. The van der Waals surface area contributed by atoms with Gasteiger partial charge in [-0.05, 0) is 127 Å². The number of thiazole rings is 1. The first kappa shape index (κ1) is 40.3. The molecule has 0 fully saturated rings. The molecule has 0 saturated carbocycles. The molecule has 67 heavy (non-hydrogen) atoms. The summed E-state index contributed by atoms with van der Waals surface area (Å²) >= 11 is 1.78. The van der Waals surface area contributed by atoms with Gasteiger partial charge < -0.3 is 14.4 Å². The molecule has 0 aliphatic heterocycles. The highest BCUT2D eigenvalue weighted by molar-refractivity contribution is 7.22. The Morgan fingerprint density at radius 2 is 0.925 bits per heavy atom. The van der Waals surface area contributed by atoms with Gasteiger partial charge in [0.2, 0.25) is 0 Å². The van der Waals surface area contributed by atoms with E-state index in [1.54, 1.807) is 11.3 Å². The van der Waals surface area contributed by atoms with Gasteiger partial charge in [0.15, 0.2) is 0 Å². The Morgan fingerprint density at radius 3 is 1.46 bits per heavy atom. The number of hydrogen-bond acceptors (Lipinski definition) is 4. The van der Waals surface area contributed by atoms with Gasteiger partial charge >= 0.3 is 0 Å². The van der Waals surface area contributed by atoms with E-state index in [1.165, 1.54) is 33.1 Å². The second-order valence-electron chi connectivity index (χ2n) is 17.2. The quantitative estimate of drug-likeness (QED) is 0.137. The summed E-state index contributed by atoms with van der Waals surface area (Å²) in [5, 5.41) is 3.48. The number of aromatic nitrogens is 2. The lowest BCUT2D eigenvalue weighted by molar-refractivity contribution is 0.735. The molecule has 0 saturated heterocycles. The lowest BCUT2D eigenvalue weighted by Crippen LogP contribution is -2.09. The average molecular weight is 879 g/mol. The highest BCUT2D eigenvalue weighted by Gasteiger charge is 2.21. The number of hydrogen-bond donors (Lipinski definition) is 0. The van der Waals surface area contributed by atoms with E-state index in [4.69, 9.17) is 4.98 Å². The topological polar surface area (TPSA) is 24.3 Å². The van der Waals surface area contributed by atoms with Gasteiger partial charge in [0, 0.05) is 67.3 Å². The minimum Gasteiger partial charge on any atom is -0.311 e. The molecule has 0 N–H and O–H groups in total. The third-order valence-corrected chi connectivity index (χ3v) is 14.1. The third-order valence-electron chi connectivity index (χ3n) is 12.9. The predicted octanol–water partition coefficient (Wildman–Crippen LogP) is 17.8. The van der Waals surface area contributed by atoms with Gasteiger partial charge in [0.1, 0.15) is 5.01 Å². The van der Waals surface area contributed by atoms with Gasteiger partial charge in [0.05, 0.1) is 21.3 Å². The van der Waals surface area contributed by atoms with E-state index in [0.717, 1.165) is 78.0 Å². The molecule has 1 atom stereocenters. The van der Waals surface area contributed by atoms with Crippen molar-refractivity contribution in [3.8, 4) is 32.8 Å². The summed E-state index contributed by atoms with van der Waals surface area (Å²) < 4.78 is 3.59. The first-order valence-corrected chi connectivity index (χ1v) is 23.8. The summed E-state index contributed by atoms with van der Waals surface area (Å²) in [4.78, 5) is 10.2. The van der Waals surface area contributed by atoms with Crippen LogP contribution in [-0.4, -0.2) is 9.55 Å². The van der Waals surface area contributed by atoms with Crippen LogP contribution in [0.25, 0.3) is 70.5 Å². The van der Waals surface area contributed by atoms with Gasteiger partial charge in [-0.15, -0.1) is 11.3 Å². The molecule has 320 valence electrons. The van der Waals surface area contributed by atoms with Crippen molar-refractivity contribution in [3.05, 3.63) is 243 Å². The molecule has 0 bridgehead atoms. The van der Waals surface area contributed by atoms with Crippen LogP contribution in [0, 0.1) is 5.92 Å². The minimum absolute atomic E-state index is 0.546. The standard InChI is InChI=1S/C62H46N4S/c1-43-26-33-53(34-27-43)66-58-25-15-14-24-56(58)57-42-46(32-41-59(57)66)62-63-60-54(44-28-35-51(36-29-44)64(47-16-6-2-7-17-47)48-18-8-3-9-19-48)39-40-55(61(60)67-62)45-30-37-52(38-31-45)65(49-20-10-4-11-21-49)50-22-12-5-13-23-50/h2-26,28-43H,27H2,1H3. The molecule has 11 aromatic rings. The lowest BCUT2D eigenvalue weighted by Gasteiger charge is -2.25. The third kappa shape index (κ3) is 7.50. The second kappa shape index (κ2) is 17.3. The normalized spacial score (nSPS) is 13.6. The summed E-state index contributed by atoms with van der Waals surface area (Å²) in [6, 6.07) is 80.5. The first-order valence-electron chi connectivity index (χ1n) is 23.0. The van der Waals surface area contributed by atoms with E-state index < -0.39 is 0 Å². The number of rotatable bonds is 10. The van der Waals surface area contributed by atoms with Gasteiger partial charge in [0.25, 0.3) is 0 Å². The van der Waals surface area contributed by atoms with Crippen LogP contribution in [0.2, 0.25) is 0 Å². The van der Waals surface area contributed by atoms with Crippen molar-refractivity contribution in [2.75, 3.05) is 9.80 Å². The Hall–Kier alpha value is -8.25. The van der Waals surface area contributed by atoms with Gasteiger partial charge in [-0.2, -0.15) is 0 Å². The van der Waals surface area contributed by atoms with E-state index in [9.17, 15) is 0 Å². The number of para-hydroxylation sites is 5. The van der Waals surface area contributed by atoms with E-state index in [2.05, 4.69) is 264 Å². The molecular weight excluding hydrogens is 833 g/mol. The minimum atomic E-state index is 0.546. The molecule has 0 spiro atoms. The first-order chi connectivity index (χ1) is 33.1. The van der Waals surface area contributed by atoms with Crippen molar-refractivity contribution in [3.63, 3.8) is 0 Å². The molecule has 1 aliphatic rings. The molecule has 2 aromatic heterocycles. The second-order valence-corrected chi connectivity index (χ2v) is 18.2. The fourth-order valence-electron chi connectivity index (χ4n) is 9.64. The molecule has 0 amide bonds. The summed E-state index contributed by atoms with van der Waals surface area (Å²) in [6.07, 6.45) is 8.02. The Morgan fingerprint density at radius 1 is 0.463 bits per heavy atom. The van der Waals surface area contributed by atoms with Crippen LogP contribution in [0.4, 0.5) is 34.1 Å². The average Bonchev–Trinajstić information content (AvgIpc) is 3.99. The molecule has 5 heteroatoms. The molecule has 1 aliphatic carbocycles. The Bertz CT molecular complexity index is 3350. The molecule has 0 radical (unpaired) electrons. The van der Waals surface area contributed by atoms with Crippen molar-refractivity contribution in [2.24, 2.45) is 5.92 Å². The fraction of sp³-hybridized carbons (Fsp3) is 0.0484. The van der Waals surface area contributed by atoms with E-state index >= 15 is 0 Å². The van der Waals surface area contributed by atoms with Crippen molar-refractivity contribution in [1.82, 2.24) is 9.55 Å². The molecular formula is C62H46N4S. The highest BCUT2D eigenvalue weighted by atomic mass is 32.1. The monoisotopic (exact) mass is 878 g/mol. The molecule has 1 unspecified atom stereocenters. The van der Waals surface area contributed by atoms with Crippen LogP contribution in [0.3, 0.4) is 0 Å². The maximum atomic E-state index is 5.59.